The standard InChI is InChI=1S/C12H16O3S/c1-2-11(12(13)14)16(15)9-8-10-6-4-3-5-7-10/h3-7,11H,2,8-9H2,1H3,(H,13,14). The molecule has 0 aliphatic rings. The number of rotatable bonds is 6. The molecule has 1 aromatic rings. The summed E-state index contributed by atoms with van der Waals surface area (Å²) in [6.07, 6.45) is 1.08. The van der Waals surface area contributed by atoms with E-state index in [2.05, 4.69) is 0 Å². The van der Waals surface area contributed by atoms with E-state index in [-0.39, 0.29) is 0 Å². The molecular weight excluding hydrogens is 224 g/mol. The predicted octanol–water partition coefficient (Wildman–Crippen LogP) is 1.84. The Morgan fingerprint density at radius 3 is 2.50 bits per heavy atom. The Labute approximate surface area is 98.0 Å². The average Bonchev–Trinajstić information content (AvgIpc) is 2.28. The number of carboxylic acids is 1. The van der Waals surface area contributed by atoms with Crippen molar-refractivity contribution in [2.75, 3.05) is 5.75 Å². The SMILES string of the molecule is CCC(C(=O)O)S(=O)CCc1ccccc1. The van der Waals surface area contributed by atoms with E-state index in [0.717, 1.165) is 5.56 Å². The highest BCUT2D eigenvalue weighted by molar-refractivity contribution is 7.86. The third kappa shape index (κ3) is 3.77. The summed E-state index contributed by atoms with van der Waals surface area (Å²) in [5, 5.41) is 8.12. The molecule has 0 saturated heterocycles. The van der Waals surface area contributed by atoms with E-state index in [0.29, 0.717) is 18.6 Å². The molecule has 88 valence electrons. The van der Waals surface area contributed by atoms with Gasteiger partial charge in [0.15, 0.2) is 0 Å². The molecule has 0 saturated carbocycles. The van der Waals surface area contributed by atoms with Gasteiger partial charge >= 0.3 is 5.97 Å². The van der Waals surface area contributed by atoms with E-state index in [1.807, 2.05) is 30.3 Å². The molecule has 2 atom stereocenters. The summed E-state index contributed by atoms with van der Waals surface area (Å²) in [5.74, 6) is -0.552. The van der Waals surface area contributed by atoms with Crippen molar-refractivity contribution in [2.24, 2.45) is 0 Å². The first kappa shape index (κ1) is 12.9. The van der Waals surface area contributed by atoms with Gasteiger partial charge in [-0.3, -0.25) is 9.00 Å². The van der Waals surface area contributed by atoms with Gasteiger partial charge in [0.2, 0.25) is 0 Å². The van der Waals surface area contributed by atoms with Crippen molar-refractivity contribution in [3.63, 3.8) is 0 Å². The molecule has 0 bridgehead atoms. The molecule has 1 rings (SSSR count). The largest absolute Gasteiger partial charge is 0.480 e. The normalized spacial score (nSPS) is 14.3. The molecule has 2 unspecified atom stereocenters. The quantitative estimate of drug-likeness (QED) is 0.825. The Morgan fingerprint density at radius 1 is 1.38 bits per heavy atom. The maximum absolute atomic E-state index is 11.7. The first-order valence-electron chi connectivity index (χ1n) is 5.29. The number of aryl methyl sites for hydroxylation is 1. The van der Waals surface area contributed by atoms with Crippen LogP contribution in [0.1, 0.15) is 18.9 Å². The molecule has 0 amide bonds. The zero-order valence-electron chi connectivity index (χ0n) is 9.26. The molecule has 3 nitrogen and oxygen atoms in total. The van der Waals surface area contributed by atoms with Crippen LogP contribution in [0.15, 0.2) is 30.3 Å². The number of hydrogen-bond donors (Lipinski definition) is 1. The second-order valence-corrected chi connectivity index (χ2v) is 5.29. The lowest BCUT2D eigenvalue weighted by Gasteiger charge is -2.09. The lowest BCUT2D eigenvalue weighted by molar-refractivity contribution is -0.136. The number of aliphatic carboxylic acids is 1. The van der Waals surface area contributed by atoms with E-state index in [4.69, 9.17) is 5.11 Å². The Bertz CT molecular complexity index is 362. The lowest BCUT2D eigenvalue weighted by atomic mass is 10.2. The third-order valence-electron chi connectivity index (χ3n) is 2.40. The first-order chi connectivity index (χ1) is 7.65. The third-order valence-corrected chi connectivity index (χ3v) is 4.17. The number of carbonyl (C=O) groups is 1. The number of carboxylic acid groups (broad SMARTS) is 1. The van der Waals surface area contributed by atoms with Crippen LogP contribution in [0, 0.1) is 0 Å². The lowest BCUT2D eigenvalue weighted by Crippen LogP contribution is -2.27. The van der Waals surface area contributed by atoms with Crippen LogP contribution in [0.3, 0.4) is 0 Å². The van der Waals surface area contributed by atoms with Crippen LogP contribution in [0.25, 0.3) is 0 Å². The van der Waals surface area contributed by atoms with Crippen LogP contribution in [-0.4, -0.2) is 26.3 Å². The second-order valence-electron chi connectivity index (χ2n) is 3.56. The molecule has 4 heteroatoms. The molecule has 0 radical (unpaired) electrons. The summed E-state index contributed by atoms with van der Waals surface area (Å²) in [6, 6.07) is 9.68. The van der Waals surface area contributed by atoms with Crippen LogP contribution >= 0.6 is 0 Å². The van der Waals surface area contributed by atoms with E-state index < -0.39 is 22.0 Å². The Balaban J connectivity index is 2.49. The monoisotopic (exact) mass is 240 g/mol. The highest BCUT2D eigenvalue weighted by Gasteiger charge is 2.21. The van der Waals surface area contributed by atoms with E-state index in [1.165, 1.54) is 0 Å². The minimum atomic E-state index is -1.29. The maximum atomic E-state index is 11.7. The van der Waals surface area contributed by atoms with Gasteiger partial charge in [0.1, 0.15) is 5.25 Å². The molecule has 0 aliphatic heterocycles. The van der Waals surface area contributed by atoms with Crippen molar-refractivity contribution >= 4 is 16.8 Å². The fourth-order valence-corrected chi connectivity index (χ4v) is 2.80. The summed E-state index contributed by atoms with van der Waals surface area (Å²) >= 11 is 0. The topological polar surface area (TPSA) is 54.4 Å². The smallest absolute Gasteiger partial charge is 0.319 e. The summed E-state index contributed by atoms with van der Waals surface area (Å²) in [6.45, 7) is 1.75. The van der Waals surface area contributed by atoms with Crippen molar-refractivity contribution in [2.45, 2.75) is 25.0 Å². The Kier molecular flexibility index (Phi) is 5.19. The molecule has 1 N–H and O–H groups in total. The summed E-state index contributed by atoms with van der Waals surface area (Å²) in [7, 11) is -1.29. The van der Waals surface area contributed by atoms with Gasteiger partial charge in [-0.15, -0.1) is 0 Å². The van der Waals surface area contributed by atoms with Gasteiger partial charge in [-0.1, -0.05) is 37.3 Å². The predicted molar refractivity (Wildman–Crippen MR) is 64.9 cm³/mol. The summed E-state index contributed by atoms with van der Waals surface area (Å²) in [5.41, 5.74) is 1.09. The Morgan fingerprint density at radius 2 is 2.00 bits per heavy atom. The van der Waals surface area contributed by atoms with E-state index >= 15 is 0 Å². The fraction of sp³-hybridized carbons (Fsp3) is 0.417. The number of hydrogen-bond acceptors (Lipinski definition) is 2. The maximum Gasteiger partial charge on any atom is 0.319 e. The number of benzene rings is 1. The van der Waals surface area contributed by atoms with Crippen molar-refractivity contribution in [3.8, 4) is 0 Å². The van der Waals surface area contributed by atoms with Gasteiger partial charge in [-0.25, -0.2) is 0 Å². The minimum Gasteiger partial charge on any atom is -0.480 e. The molecule has 16 heavy (non-hydrogen) atoms. The van der Waals surface area contributed by atoms with Gasteiger partial charge in [0.25, 0.3) is 0 Å². The van der Waals surface area contributed by atoms with Crippen LogP contribution in [-0.2, 0) is 22.0 Å². The first-order valence-corrected chi connectivity index (χ1v) is 6.67. The zero-order chi connectivity index (χ0) is 12.0. The highest BCUT2D eigenvalue weighted by Crippen LogP contribution is 2.06. The highest BCUT2D eigenvalue weighted by atomic mass is 32.2. The zero-order valence-corrected chi connectivity index (χ0v) is 10.1. The molecule has 0 fully saturated rings. The molecule has 0 aliphatic carbocycles. The molecule has 0 spiro atoms. The molecule has 0 aromatic heterocycles. The van der Waals surface area contributed by atoms with Gasteiger partial charge < -0.3 is 5.11 Å². The van der Waals surface area contributed by atoms with Gasteiger partial charge in [0.05, 0.1) is 0 Å². The van der Waals surface area contributed by atoms with Crippen LogP contribution in [0.2, 0.25) is 0 Å². The van der Waals surface area contributed by atoms with Crippen LogP contribution in [0.5, 0.6) is 0 Å². The van der Waals surface area contributed by atoms with Crippen LogP contribution in [0.4, 0.5) is 0 Å². The second kappa shape index (κ2) is 6.43. The molecule has 1 aromatic carbocycles. The minimum absolute atomic E-state index is 0.412. The average molecular weight is 240 g/mol. The van der Waals surface area contributed by atoms with Crippen molar-refractivity contribution in [3.05, 3.63) is 35.9 Å². The van der Waals surface area contributed by atoms with Gasteiger partial charge in [0, 0.05) is 16.6 Å². The van der Waals surface area contributed by atoms with Gasteiger partial charge in [-0.05, 0) is 18.4 Å². The summed E-state index contributed by atoms with van der Waals surface area (Å²) in [4.78, 5) is 10.8. The van der Waals surface area contributed by atoms with Crippen molar-refractivity contribution in [1.82, 2.24) is 0 Å². The van der Waals surface area contributed by atoms with Gasteiger partial charge in [-0.2, -0.15) is 0 Å². The molecule has 0 heterocycles. The van der Waals surface area contributed by atoms with Crippen molar-refractivity contribution < 1.29 is 14.1 Å². The van der Waals surface area contributed by atoms with Crippen molar-refractivity contribution in [1.29, 1.82) is 0 Å². The fourth-order valence-electron chi connectivity index (χ4n) is 1.48. The summed E-state index contributed by atoms with van der Waals surface area (Å²) < 4.78 is 11.7. The van der Waals surface area contributed by atoms with E-state index in [9.17, 15) is 9.00 Å². The molecular formula is C12H16O3S. The Hall–Kier alpha value is -1.16. The van der Waals surface area contributed by atoms with E-state index in [1.54, 1.807) is 6.92 Å². The van der Waals surface area contributed by atoms with Crippen LogP contribution < -0.4 is 0 Å².